The molecule has 0 heterocycles. The van der Waals surface area contributed by atoms with E-state index in [-0.39, 0.29) is 28.6 Å². The van der Waals surface area contributed by atoms with Crippen molar-refractivity contribution in [1.82, 2.24) is 0 Å². The fourth-order valence-electron chi connectivity index (χ4n) is 1.24. The van der Waals surface area contributed by atoms with E-state index in [1.165, 1.54) is 13.2 Å². The van der Waals surface area contributed by atoms with Crippen LogP contribution in [0.4, 0.5) is 8.78 Å². The van der Waals surface area contributed by atoms with Crippen LogP contribution in [0.15, 0.2) is 10.5 Å². The number of halogens is 3. The van der Waals surface area contributed by atoms with Crippen LogP contribution < -0.4 is 4.74 Å². The number of benzene rings is 1. The molecule has 0 saturated heterocycles. The molecule has 3 nitrogen and oxygen atoms in total. The minimum absolute atomic E-state index is 0.00701. The van der Waals surface area contributed by atoms with Gasteiger partial charge in [-0.15, -0.1) is 0 Å². The molecule has 0 fully saturated rings. The molecule has 0 radical (unpaired) electrons. The van der Waals surface area contributed by atoms with Crippen molar-refractivity contribution in [3.8, 4) is 5.75 Å². The van der Waals surface area contributed by atoms with Crippen molar-refractivity contribution < 1.29 is 23.4 Å². The quantitative estimate of drug-likeness (QED) is 0.869. The Labute approximate surface area is 99.2 Å². The van der Waals surface area contributed by atoms with Gasteiger partial charge in [0.1, 0.15) is 0 Å². The maximum atomic E-state index is 13.4. The van der Waals surface area contributed by atoms with Crippen molar-refractivity contribution in [2.24, 2.45) is 0 Å². The molecule has 1 aromatic rings. The number of carboxylic acid groups (broad SMARTS) is 1. The van der Waals surface area contributed by atoms with Crippen LogP contribution in [0.3, 0.4) is 0 Å². The summed E-state index contributed by atoms with van der Waals surface area (Å²) >= 11 is 3.02. The highest BCUT2D eigenvalue weighted by Crippen LogP contribution is 2.32. The maximum Gasteiger partial charge on any atom is 0.303 e. The van der Waals surface area contributed by atoms with Crippen LogP contribution in [0.5, 0.6) is 5.75 Å². The van der Waals surface area contributed by atoms with Gasteiger partial charge in [0.05, 0.1) is 11.6 Å². The van der Waals surface area contributed by atoms with Gasteiger partial charge in [-0.3, -0.25) is 4.79 Å². The predicted molar refractivity (Wildman–Crippen MR) is 56.6 cm³/mol. The third-order valence-corrected chi connectivity index (χ3v) is 2.59. The average Bonchev–Trinajstić information content (AvgIpc) is 2.22. The lowest BCUT2D eigenvalue weighted by molar-refractivity contribution is -0.136. The summed E-state index contributed by atoms with van der Waals surface area (Å²) in [7, 11) is 1.22. The van der Waals surface area contributed by atoms with E-state index < -0.39 is 17.6 Å². The smallest absolute Gasteiger partial charge is 0.303 e. The van der Waals surface area contributed by atoms with Crippen molar-refractivity contribution in [3.05, 3.63) is 27.7 Å². The van der Waals surface area contributed by atoms with Gasteiger partial charge in [-0.05, 0) is 34.0 Å². The van der Waals surface area contributed by atoms with Crippen molar-refractivity contribution in [3.63, 3.8) is 0 Å². The third kappa shape index (κ3) is 2.69. The van der Waals surface area contributed by atoms with Gasteiger partial charge in [-0.25, -0.2) is 4.39 Å². The number of carbonyl (C=O) groups is 1. The van der Waals surface area contributed by atoms with E-state index in [4.69, 9.17) is 5.11 Å². The maximum absolute atomic E-state index is 13.4. The molecule has 1 N–H and O–H groups in total. The van der Waals surface area contributed by atoms with E-state index in [9.17, 15) is 13.6 Å². The fourth-order valence-corrected chi connectivity index (χ4v) is 1.85. The Morgan fingerprint density at radius 2 is 2.12 bits per heavy atom. The zero-order chi connectivity index (χ0) is 12.3. The average molecular weight is 295 g/mol. The first-order chi connectivity index (χ1) is 7.47. The van der Waals surface area contributed by atoms with Gasteiger partial charge in [0, 0.05) is 6.42 Å². The van der Waals surface area contributed by atoms with Gasteiger partial charge < -0.3 is 9.84 Å². The molecule has 0 spiro atoms. The summed E-state index contributed by atoms with van der Waals surface area (Å²) in [5.74, 6) is -3.47. The molecule has 1 aromatic carbocycles. The van der Waals surface area contributed by atoms with Gasteiger partial charge in [0.15, 0.2) is 11.6 Å². The van der Waals surface area contributed by atoms with E-state index in [2.05, 4.69) is 20.7 Å². The molecule has 0 atom stereocenters. The van der Waals surface area contributed by atoms with E-state index in [0.29, 0.717) is 0 Å². The van der Waals surface area contributed by atoms with Crippen LogP contribution in [0.2, 0.25) is 0 Å². The molecule has 88 valence electrons. The summed E-state index contributed by atoms with van der Waals surface area (Å²) in [5.41, 5.74) is 0.00701. The monoisotopic (exact) mass is 294 g/mol. The number of hydrogen-bond donors (Lipinski definition) is 1. The number of rotatable bonds is 4. The molecule has 0 bridgehead atoms. The van der Waals surface area contributed by atoms with E-state index in [0.717, 1.165) is 0 Å². The zero-order valence-electron chi connectivity index (χ0n) is 8.39. The predicted octanol–water partition coefficient (Wildman–Crippen LogP) is 2.75. The summed E-state index contributed by atoms with van der Waals surface area (Å²) in [6, 6.07) is 1.32. The first-order valence-electron chi connectivity index (χ1n) is 4.39. The highest BCUT2D eigenvalue weighted by molar-refractivity contribution is 9.10. The summed E-state index contributed by atoms with van der Waals surface area (Å²) in [5, 5.41) is 8.45. The van der Waals surface area contributed by atoms with Gasteiger partial charge in [-0.1, -0.05) is 0 Å². The largest absolute Gasteiger partial charge is 0.492 e. The van der Waals surface area contributed by atoms with Crippen LogP contribution >= 0.6 is 15.9 Å². The Kier molecular flexibility index (Phi) is 4.23. The molecule has 16 heavy (non-hydrogen) atoms. The van der Waals surface area contributed by atoms with Gasteiger partial charge in [-0.2, -0.15) is 4.39 Å². The molecule has 0 unspecified atom stereocenters. The second-order valence-corrected chi connectivity index (χ2v) is 3.93. The van der Waals surface area contributed by atoms with E-state index >= 15 is 0 Å². The number of methoxy groups -OCH3 is 1. The third-order valence-electron chi connectivity index (χ3n) is 2.00. The van der Waals surface area contributed by atoms with E-state index in [1.807, 2.05) is 0 Å². The molecule has 0 amide bonds. The van der Waals surface area contributed by atoms with Crippen LogP contribution in [0.25, 0.3) is 0 Å². The van der Waals surface area contributed by atoms with Crippen LogP contribution in [-0.4, -0.2) is 18.2 Å². The molecule has 1 rings (SSSR count). The van der Waals surface area contributed by atoms with Crippen LogP contribution in [0, 0.1) is 11.6 Å². The molecular formula is C10H9BrF2O3. The Balaban J connectivity index is 3.08. The molecular weight excluding hydrogens is 286 g/mol. The highest BCUT2D eigenvalue weighted by atomic mass is 79.9. The Hall–Kier alpha value is -1.17. The SMILES string of the molecule is COc1c(Br)cc(CCC(=O)O)c(F)c1F. The van der Waals surface area contributed by atoms with Gasteiger partial charge in [0.25, 0.3) is 0 Å². The lowest BCUT2D eigenvalue weighted by atomic mass is 10.1. The van der Waals surface area contributed by atoms with Gasteiger partial charge in [0.2, 0.25) is 5.82 Å². The number of aryl methyl sites for hydroxylation is 1. The Bertz CT molecular complexity index is 421. The van der Waals surface area contributed by atoms with Crippen molar-refractivity contribution >= 4 is 21.9 Å². The minimum atomic E-state index is -1.11. The topological polar surface area (TPSA) is 46.5 Å². The van der Waals surface area contributed by atoms with E-state index in [1.54, 1.807) is 0 Å². The van der Waals surface area contributed by atoms with Gasteiger partial charge >= 0.3 is 5.97 Å². The summed E-state index contributed by atoms with van der Waals surface area (Å²) < 4.78 is 31.7. The number of aliphatic carboxylic acids is 1. The van der Waals surface area contributed by atoms with Crippen molar-refractivity contribution in [1.29, 1.82) is 0 Å². The summed E-state index contributed by atoms with van der Waals surface area (Å²) in [6.07, 6.45) is -0.324. The van der Waals surface area contributed by atoms with Crippen LogP contribution in [-0.2, 0) is 11.2 Å². The number of carboxylic acids is 1. The second-order valence-electron chi connectivity index (χ2n) is 3.07. The van der Waals surface area contributed by atoms with Crippen molar-refractivity contribution in [2.45, 2.75) is 12.8 Å². The summed E-state index contributed by atoms with van der Waals surface area (Å²) in [6.45, 7) is 0. The second kappa shape index (κ2) is 5.25. The first kappa shape index (κ1) is 12.9. The van der Waals surface area contributed by atoms with Crippen LogP contribution in [0.1, 0.15) is 12.0 Å². The highest BCUT2D eigenvalue weighted by Gasteiger charge is 2.18. The van der Waals surface area contributed by atoms with Crippen molar-refractivity contribution in [2.75, 3.05) is 7.11 Å². The number of hydrogen-bond acceptors (Lipinski definition) is 2. The Morgan fingerprint density at radius 3 is 2.62 bits per heavy atom. The minimum Gasteiger partial charge on any atom is -0.492 e. The normalized spacial score (nSPS) is 10.2. The molecule has 0 aliphatic heterocycles. The molecule has 0 aliphatic carbocycles. The molecule has 6 heteroatoms. The Morgan fingerprint density at radius 1 is 1.50 bits per heavy atom. The zero-order valence-corrected chi connectivity index (χ0v) is 9.98. The molecule has 0 aliphatic rings. The standard InChI is InChI=1S/C10H9BrF2O3/c1-16-10-6(11)4-5(2-3-7(14)15)8(12)9(10)13/h4H,2-3H2,1H3,(H,14,15). The summed E-state index contributed by atoms with van der Waals surface area (Å²) in [4.78, 5) is 10.3. The lowest BCUT2D eigenvalue weighted by Gasteiger charge is -2.09. The fraction of sp³-hybridized carbons (Fsp3) is 0.300. The molecule has 0 saturated carbocycles. The lowest BCUT2D eigenvalue weighted by Crippen LogP contribution is -2.03. The molecule has 0 aromatic heterocycles. The first-order valence-corrected chi connectivity index (χ1v) is 5.18. The number of ether oxygens (including phenoxy) is 1.